The number of carbonyl (C=O) groups is 5. The number of fused-ring (bicyclic) bond motifs is 1. The van der Waals surface area contributed by atoms with Crippen LogP contribution >= 0.6 is 0 Å². The Kier molecular flexibility index (Phi) is 17.6. The number of amidine groups is 2. The molecule has 0 saturated carbocycles. The molecule has 11 N–H and O–H groups in total. The van der Waals surface area contributed by atoms with Crippen molar-refractivity contribution in [3.8, 4) is 5.75 Å². The van der Waals surface area contributed by atoms with Crippen molar-refractivity contribution in [2.75, 3.05) is 12.4 Å². The fourth-order valence-electron chi connectivity index (χ4n) is 4.85. The van der Waals surface area contributed by atoms with E-state index in [0.717, 1.165) is 23.3 Å². The Balaban J connectivity index is 0.00000222. The third kappa shape index (κ3) is 15.6. The first-order chi connectivity index (χ1) is 24.7. The van der Waals surface area contributed by atoms with Crippen molar-refractivity contribution in [1.29, 1.82) is 10.8 Å². The molecule has 16 nitrogen and oxygen atoms in total. The van der Waals surface area contributed by atoms with Crippen molar-refractivity contribution in [2.24, 2.45) is 11.5 Å². The number of methoxy groups -OCH3 is 1. The van der Waals surface area contributed by atoms with Gasteiger partial charge >= 0.3 is 6.09 Å². The first kappa shape index (κ1) is 42.0. The highest BCUT2D eigenvalue weighted by molar-refractivity contribution is 6.01. The molecular formula is C36H48N8O8. The number of hydrogen-bond donors (Lipinski definition) is 9. The first-order valence-corrected chi connectivity index (χ1v) is 16.5. The highest BCUT2D eigenvalue weighted by Crippen LogP contribution is 2.30. The lowest BCUT2D eigenvalue weighted by Crippen LogP contribution is -2.55. The number of alkyl carbamates (subject to hydrolysis) is 1. The van der Waals surface area contributed by atoms with Gasteiger partial charge in [-0.05, 0) is 49.6 Å². The maximum Gasteiger partial charge on any atom is 0.408 e. The maximum atomic E-state index is 13.6. The molecule has 0 aliphatic carbocycles. The van der Waals surface area contributed by atoms with Gasteiger partial charge in [0.1, 0.15) is 30.5 Å². The van der Waals surface area contributed by atoms with Crippen molar-refractivity contribution < 1.29 is 38.6 Å². The number of nitrogens with one attached hydrogen (secondary N) is 6. The molecular weight excluding hydrogens is 672 g/mol. The molecule has 0 bridgehead atoms. The van der Waals surface area contributed by atoms with Crippen LogP contribution in [0.1, 0.15) is 57.9 Å². The van der Waals surface area contributed by atoms with Gasteiger partial charge < -0.3 is 47.3 Å². The van der Waals surface area contributed by atoms with Gasteiger partial charge in [0.2, 0.25) is 17.7 Å². The molecule has 0 aliphatic heterocycles. The van der Waals surface area contributed by atoms with Crippen LogP contribution in [0.2, 0.25) is 0 Å². The van der Waals surface area contributed by atoms with Crippen LogP contribution in [-0.2, 0) is 30.5 Å². The zero-order valence-corrected chi connectivity index (χ0v) is 29.5. The van der Waals surface area contributed by atoms with Gasteiger partial charge in [-0.3, -0.25) is 30.0 Å². The molecule has 0 saturated heterocycles. The van der Waals surface area contributed by atoms with E-state index >= 15 is 0 Å². The van der Waals surface area contributed by atoms with E-state index < -0.39 is 47.9 Å². The Bertz CT molecular complexity index is 1700. The summed E-state index contributed by atoms with van der Waals surface area (Å²) in [6.07, 6.45) is 0.478. The molecule has 0 heterocycles. The van der Waals surface area contributed by atoms with Crippen molar-refractivity contribution in [3.05, 3.63) is 72.3 Å². The summed E-state index contributed by atoms with van der Waals surface area (Å²) in [6, 6.07) is 16.8. The topological polar surface area (TPSA) is 272 Å². The largest absolute Gasteiger partial charge is 0.496 e. The quantitative estimate of drug-likeness (QED) is 0.0683. The van der Waals surface area contributed by atoms with Gasteiger partial charge in [-0.25, -0.2) is 4.79 Å². The van der Waals surface area contributed by atoms with Gasteiger partial charge in [-0.15, -0.1) is 0 Å². The van der Waals surface area contributed by atoms with Crippen LogP contribution in [0.5, 0.6) is 5.75 Å². The summed E-state index contributed by atoms with van der Waals surface area (Å²) in [7, 11) is 1.53. The molecule has 0 aromatic heterocycles. The van der Waals surface area contributed by atoms with Gasteiger partial charge in [-0.1, -0.05) is 54.6 Å². The molecule has 3 aromatic carbocycles. The molecule has 3 aromatic rings. The van der Waals surface area contributed by atoms with E-state index in [0.29, 0.717) is 24.3 Å². The van der Waals surface area contributed by atoms with Crippen molar-refractivity contribution in [2.45, 2.75) is 77.1 Å². The predicted molar refractivity (Wildman–Crippen MR) is 197 cm³/mol. The van der Waals surface area contributed by atoms with Gasteiger partial charge in [0.05, 0.1) is 18.8 Å². The molecule has 280 valence electrons. The summed E-state index contributed by atoms with van der Waals surface area (Å²) in [5, 5.41) is 34.9. The van der Waals surface area contributed by atoms with E-state index in [1.54, 1.807) is 24.3 Å². The molecule has 52 heavy (non-hydrogen) atoms. The summed E-state index contributed by atoms with van der Waals surface area (Å²) >= 11 is 0. The van der Waals surface area contributed by atoms with Crippen molar-refractivity contribution >= 4 is 57.9 Å². The number of rotatable bonds is 18. The summed E-state index contributed by atoms with van der Waals surface area (Å²) in [5.74, 6) is -2.24. The second-order valence-electron chi connectivity index (χ2n) is 11.8. The molecule has 3 unspecified atom stereocenters. The van der Waals surface area contributed by atoms with Crippen molar-refractivity contribution in [3.63, 3.8) is 0 Å². The number of aliphatic carboxylic acids is 1. The van der Waals surface area contributed by atoms with Crippen LogP contribution < -0.4 is 37.5 Å². The van der Waals surface area contributed by atoms with Crippen LogP contribution in [-0.4, -0.2) is 71.8 Å². The van der Waals surface area contributed by atoms with E-state index in [1.165, 1.54) is 14.0 Å². The number of anilines is 1. The van der Waals surface area contributed by atoms with Crippen LogP contribution in [0.15, 0.2) is 66.7 Å². The van der Waals surface area contributed by atoms with Crippen LogP contribution in [0.4, 0.5) is 10.5 Å². The zero-order valence-electron chi connectivity index (χ0n) is 29.5. The number of ether oxygens (including phenoxy) is 2. The van der Waals surface area contributed by atoms with Gasteiger partial charge in [-0.2, -0.15) is 0 Å². The number of benzene rings is 3. The standard InChI is InChI=1S/C34H44N8O6.C2H4O2/c1-21(39-34(46)48-20-22-10-4-3-5-11-22)31(43)41-27(15-9-17-30(37)38)33(45)42-26(14-8-16-29(35)36)32(44)40-24-18-23-12-6-7-13-25(23)28(19-24)47-2;1-2(3)4/h3-7,10-13,18-19,21,26-27H,8-9,14-17,20H2,1-2H3,(H3,35,36)(H3,37,38)(H,39,46)(H,40,44)(H,41,43)(H,42,45);1H3,(H,3,4). The lowest BCUT2D eigenvalue weighted by atomic mass is 10.0. The highest BCUT2D eigenvalue weighted by atomic mass is 16.5. The Morgan fingerprint density at radius 3 is 1.90 bits per heavy atom. The van der Waals surface area contributed by atoms with Crippen LogP contribution in [0.3, 0.4) is 0 Å². The molecule has 3 atom stereocenters. The SMILES string of the molecule is CC(=O)O.COc1cc(NC(=O)C(CCCC(=N)N)NC(=O)C(CCCC(=N)N)NC(=O)C(C)NC(=O)OCc2ccccc2)cc2ccccc12. The number of amides is 4. The van der Waals surface area contributed by atoms with E-state index in [1.807, 2.05) is 42.5 Å². The molecule has 3 rings (SSSR count). The summed E-state index contributed by atoms with van der Waals surface area (Å²) < 4.78 is 10.7. The van der Waals surface area contributed by atoms with E-state index in [-0.39, 0.29) is 44.0 Å². The third-order valence-electron chi connectivity index (χ3n) is 7.40. The Labute approximate surface area is 302 Å². The van der Waals surface area contributed by atoms with E-state index in [9.17, 15) is 19.2 Å². The second-order valence-corrected chi connectivity index (χ2v) is 11.8. The van der Waals surface area contributed by atoms with Crippen LogP contribution in [0, 0.1) is 10.8 Å². The third-order valence-corrected chi connectivity index (χ3v) is 7.40. The van der Waals surface area contributed by atoms with Crippen molar-refractivity contribution in [1.82, 2.24) is 16.0 Å². The number of carboxylic acid groups (broad SMARTS) is 1. The number of carboxylic acids is 1. The number of carbonyl (C=O) groups excluding carboxylic acids is 4. The minimum absolute atomic E-state index is 0.0101. The Morgan fingerprint density at radius 2 is 1.33 bits per heavy atom. The number of hydrogen-bond acceptors (Lipinski definition) is 9. The molecule has 4 amide bonds. The summed E-state index contributed by atoms with van der Waals surface area (Å²) in [5.41, 5.74) is 12.3. The lowest BCUT2D eigenvalue weighted by Gasteiger charge is -2.24. The van der Waals surface area contributed by atoms with Gasteiger partial charge in [0.15, 0.2) is 0 Å². The molecule has 0 spiro atoms. The minimum atomic E-state index is -1.12. The lowest BCUT2D eigenvalue weighted by molar-refractivity contribution is -0.134. The normalized spacial score (nSPS) is 12.1. The molecule has 0 radical (unpaired) electrons. The van der Waals surface area contributed by atoms with E-state index in [2.05, 4.69) is 21.3 Å². The summed E-state index contributed by atoms with van der Waals surface area (Å²) in [4.78, 5) is 61.6. The smallest absolute Gasteiger partial charge is 0.408 e. The Morgan fingerprint density at radius 1 is 0.788 bits per heavy atom. The fourth-order valence-corrected chi connectivity index (χ4v) is 4.85. The summed E-state index contributed by atoms with van der Waals surface area (Å²) in [6.45, 7) is 2.54. The molecule has 16 heteroatoms. The number of nitrogens with two attached hydrogens (primary N) is 2. The minimum Gasteiger partial charge on any atom is -0.496 e. The first-order valence-electron chi connectivity index (χ1n) is 16.5. The molecule has 0 fully saturated rings. The van der Waals surface area contributed by atoms with Gasteiger partial charge in [0, 0.05) is 36.9 Å². The monoisotopic (exact) mass is 720 g/mol. The highest BCUT2D eigenvalue weighted by Gasteiger charge is 2.29. The maximum absolute atomic E-state index is 13.6. The Hall–Kier alpha value is -6.19. The fraction of sp³-hybridized carbons (Fsp3) is 0.361. The zero-order chi connectivity index (χ0) is 38.6. The molecule has 0 aliphatic rings. The van der Waals surface area contributed by atoms with E-state index in [4.69, 9.17) is 41.7 Å². The second kappa shape index (κ2) is 21.8. The van der Waals surface area contributed by atoms with Gasteiger partial charge in [0.25, 0.3) is 5.97 Å². The predicted octanol–water partition coefficient (Wildman–Crippen LogP) is 3.37. The average Bonchev–Trinajstić information content (AvgIpc) is 3.09. The average molecular weight is 721 g/mol. The van der Waals surface area contributed by atoms with Crippen LogP contribution in [0.25, 0.3) is 10.8 Å².